The van der Waals surface area contributed by atoms with Crippen molar-refractivity contribution < 1.29 is 0 Å². The summed E-state index contributed by atoms with van der Waals surface area (Å²) >= 11 is 1.78. The van der Waals surface area contributed by atoms with Crippen molar-refractivity contribution in [3.8, 4) is 5.00 Å². The Morgan fingerprint density at radius 3 is 2.50 bits per heavy atom. The van der Waals surface area contributed by atoms with Crippen molar-refractivity contribution in [1.29, 1.82) is 0 Å². The maximum absolute atomic E-state index is 4.86. The first-order chi connectivity index (χ1) is 13.6. The molecule has 0 bridgehead atoms. The molecule has 0 spiro atoms. The summed E-state index contributed by atoms with van der Waals surface area (Å²) in [5, 5.41) is 13.1. The standard InChI is InChI=1S/C21H23N6S/c1-13-14(2)28-21-19(13)20(23-12-18-25-24-15(3)27(18)21)16-4-6-17(7-5-16)26-10-8-22-9-11-26/h4-7,12,22H,8-11H2,1-3H3. The fourth-order valence-corrected chi connectivity index (χ4v) is 5.13. The molecule has 6 nitrogen and oxygen atoms in total. The maximum atomic E-state index is 4.86. The molecule has 2 aromatic heterocycles. The molecule has 0 atom stereocenters. The number of fused-ring (bicyclic) bond motifs is 3. The molecule has 1 radical (unpaired) electrons. The highest BCUT2D eigenvalue weighted by atomic mass is 32.1. The van der Waals surface area contributed by atoms with Crippen LogP contribution < -0.4 is 10.2 Å². The molecule has 3 aromatic rings. The van der Waals surface area contributed by atoms with E-state index < -0.39 is 0 Å². The van der Waals surface area contributed by atoms with Gasteiger partial charge in [0.05, 0.1) is 5.71 Å². The average Bonchev–Trinajstić information content (AvgIpc) is 3.17. The van der Waals surface area contributed by atoms with Crippen LogP contribution in [0.4, 0.5) is 5.69 Å². The van der Waals surface area contributed by atoms with E-state index in [1.165, 1.54) is 21.7 Å². The van der Waals surface area contributed by atoms with Gasteiger partial charge in [0.2, 0.25) is 0 Å². The van der Waals surface area contributed by atoms with Crippen LogP contribution in [0.3, 0.4) is 0 Å². The lowest BCUT2D eigenvalue weighted by molar-refractivity contribution is 0.589. The van der Waals surface area contributed by atoms with Gasteiger partial charge in [0.15, 0.2) is 5.82 Å². The summed E-state index contributed by atoms with van der Waals surface area (Å²) in [5.74, 6) is 1.67. The molecule has 1 N–H and O–H groups in total. The monoisotopic (exact) mass is 391 g/mol. The SMILES string of the molecule is Cc1sc2c(c1C)C(c1ccc(N3CCNCC3)cc1)=N[CH]c1nnc(C)n1-2. The van der Waals surface area contributed by atoms with Crippen LogP contribution >= 0.6 is 11.3 Å². The molecule has 143 valence electrons. The van der Waals surface area contributed by atoms with Gasteiger partial charge >= 0.3 is 0 Å². The van der Waals surface area contributed by atoms with Crippen LogP contribution in [0.5, 0.6) is 0 Å². The lowest BCUT2D eigenvalue weighted by Gasteiger charge is -2.29. The minimum absolute atomic E-state index is 0.785. The van der Waals surface area contributed by atoms with Gasteiger partial charge in [0.1, 0.15) is 17.4 Å². The first-order valence-electron chi connectivity index (χ1n) is 9.63. The van der Waals surface area contributed by atoms with E-state index in [4.69, 9.17) is 4.99 Å². The summed E-state index contributed by atoms with van der Waals surface area (Å²) in [7, 11) is 0. The molecule has 2 aliphatic rings. The van der Waals surface area contributed by atoms with Crippen LogP contribution in [0, 0.1) is 27.3 Å². The van der Waals surface area contributed by atoms with E-state index in [1.807, 2.05) is 13.5 Å². The van der Waals surface area contributed by atoms with Gasteiger partial charge in [-0.2, -0.15) is 0 Å². The Morgan fingerprint density at radius 1 is 1.00 bits per heavy atom. The van der Waals surface area contributed by atoms with Gasteiger partial charge in [-0.05, 0) is 38.5 Å². The molecule has 0 unspecified atom stereocenters. The van der Waals surface area contributed by atoms with Gasteiger partial charge in [0, 0.05) is 47.9 Å². The molecule has 1 fully saturated rings. The third kappa shape index (κ3) is 2.77. The summed E-state index contributed by atoms with van der Waals surface area (Å²) in [5.41, 5.74) is 5.88. The second-order valence-corrected chi connectivity index (χ2v) is 8.50. The fraction of sp³-hybridized carbons (Fsp3) is 0.333. The zero-order valence-corrected chi connectivity index (χ0v) is 17.2. The molecule has 4 heterocycles. The normalized spacial score (nSPS) is 16.4. The van der Waals surface area contributed by atoms with Crippen molar-refractivity contribution in [1.82, 2.24) is 20.1 Å². The Balaban J connectivity index is 1.58. The molecule has 1 saturated heterocycles. The van der Waals surface area contributed by atoms with Gasteiger partial charge < -0.3 is 10.2 Å². The topological polar surface area (TPSA) is 58.3 Å². The molecule has 7 heteroatoms. The highest BCUT2D eigenvalue weighted by Crippen LogP contribution is 2.36. The van der Waals surface area contributed by atoms with Gasteiger partial charge in [-0.25, -0.2) is 0 Å². The predicted octanol–water partition coefficient (Wildman–Crippen LogP) is 3.02. The van der Waals surface area contributed by atoms with Crippen LogP contribution in [0.25, 0.3) is 5.00 Å². The van der Waals surface area contributed by atoms with Crippen LogP contribution in [0.2, 0.25) is 0 Å². The highest BCUT2D eigenvalue weighted by molar-refractivity contribution is 7.15. The number of hydrogen-bond acceptors (Lipinski definition) is 6. The van der Waals surface area contributed by atoms with Crippen molar-refractivity contribution in [2.24, 2.45) is 4.99 Å². The zero-order valence-electron chi connectivity index (χ0n) is 16.4. The van der Waals surface area contributed by atoms with Gasteiger partial charge in [-0.3, -0.25) is 9.56 Å². The minimum atomic E-state index is 0.785. The number of piperazine rings is 1. The molecule has 1 aromatic carbocycles. The quantitative estimate of drug-likeness (QED) is 0.730. The van der Waals surface area contributed by atoms with E-state index in [1.54, 1.807) is 11.3 Å². The Hall–Kier alpha value is -2.51. The fourth-order valence-electron chi connectivity index (χ4n) is 3.92. The summed E-state index contributed by atoms with van der Waals surface area (Å²) in [6.07, 6.45) is 0. The Morgan fingerprint density at radius 2 is 1.75 bits per heavy atom. The summed E-state index contributed by atoms with van der Waals surface area (Å²) in [6, 6.07) is 8.82. The number of benzene rings is 1. The number of nitrogens with one attached hydrogen (secondary N) is 1. The number of aliphatic imine (C=N–C) groups is 1. The smallest absolute Gasteiger partial charge is 0.165 e. The van der Waals surface area contributed by atoms with Crippen molar-refractivity contribution in [3.63, 3.8) is 0 Å². The van der Waals surface area contributed by atoms with E-state index in [0.29, 0.717) is 0 Å². The van der Waals surface area contributed by atoms with E-state index in [9.17, 15) is 0 Å². The van der Waals surface area contributed by atoms with Crippen LogP contribution in [-0.2, 0) is 0 Å². The van der Waals surface area contributed by atoms with E-state index in [2.05, 4.69) is 63.1 Å². The Kier molecular flexibility index (Phi) is 4.29. The van der Waals surface area contributed by atoms with E-state index in [0.717, 1.165) is 54.1 Å². The van der Waals surface area contributed by atoms with Gasteiger partial charge in [0.25, 0.3) is 0 Å². The van der Waals surface area contributed by atoms with Crippen molar-refractivity contribution in [2.45, 2.75) is 20.8 Å². The number of anilines is 1. The lowest BCUT2D eigenvalue weighted by Crippen LogP contribution is -2.43. The molecular formula is C21H23N6S. The Labute approximate surface area is 168 Å². The molecule has 28 heavy (non-hydrogen) atoms. The third-order valence-corrected chi connectivity index (χ3v) is 6.78. The molecule has 0 aliphatic carbocycles. The van der Waals surface area contributed by atoms with Crippen LogP contribution in [-0.4, -0.2) is 46.7 Å². The van der Waals surface area contributed by atoms with Crippen LogP contribution in [0.15, 0.2) is 29.3 Å². The highest BCUT2D eigenvalue weighted by Gasteiger charge is 2.26. The van der Waals surface area contributed by atoms with Crippen molar-refractivity contribution >= 4 is 22.7 Å². The Bertz CT molecular complexity index is 1050. The van der Waals surface area contributed by atoms with E-state index >= 15 is 0 Å². The van der Waals surface area contributed by atoms with Gasteiger partial charge in [-0.1, -0.05) is 12.1 Å². The largest absolute Gasteiger partial charge is 0.369 e. The first kappa shape index (κ1) is 17.6. The van der Waals surface area contributed by atoms with Crippen molar-refractivity contribution in [3.05, 3.63) is 64.0 Å². The summed E-state index contributed by atoms with van der Waals surface area (Å²) in [6.45, 7) is 12.4. The maximum Gasteiger partial charge on any atom is 0.165 e. The van der Waals surface area contributed by atoms with E-state index in [-0.39, 0.29) is 0 Å². The predicted molar refractivity (Wildman–Crippen MR) is 114 cm³/mol. The second-order valence-electron chi connectivity index (χ2n) is 7.29. The molecule has 0 amide bonds. The lowest BCUT2D eigenvalue weighted by atomic mass is 9.99. The first-order valence-corrected chi connectivity index (χ1v) is 10.4. The molecule has 0 saturated carbocycles. The third-order valence-electron chi connectivity index (χ3n) is 5.59. The summed E-state index contributed by atoms with van der Waals surface area (Å²) in [4.78, 5) is 8.59. The second kappa shape index (κ2) is 6.83. The van der Waals surface area contributed by atoms with Gasteiger partial charge in [-0.15, -0.1) is 21.5 Å². The average molecular weight is 392 g/mol. The number of aromatic nitrogens is 3. The molecule has 5 rings (SSSR count). The summed E-state index contributed by atoms with van der Waals surface area (Å²) < 4.78 is 2.12. The zero-order chi connectivity index (χ0) is 19.3. The molecular weight excluding hydrogens is 368 g/mol. The molecule has 2 aliphatic heterocycles. The number of hydrogen-bond donors (Lipinski definition) is 1. The number of thiophene rings is 1. The van der Waals surface area contributed by atoms with Crippen molar-refractivity contribution in [2.75, 3.05) is 31.1 Å². The van der Waals surface area contributed by atoms with Crippen LogP contribution in [0.1, 0.15) is 33.2 Å². The number of aryl methyl sites for hydroxylation is 2. The number of rotatable bonds is 2. The number of nitrogens with zero attached hydrogens (tertiary/aromatic N) is 5. The minimum Gasteiger partial charge on any atom is -0.369 e.